The Bertz CT molecular complexity index is 877. The van der Waals surface area contributed by atoms with Crippen LogP contribution in [-0.4, -0.2) is 21.8 Å². The molecule has 1 heterocycles. The van der Waals surface area contributed by atoms with Gasteiger partial charge in [0, 0.05) is 6.07 Å². The smallest absolute Gasteiger partial charge is 0.282 e. The highest BCUT2D eigenvalue weighted by atomic mass is 16.6. The van der Waals surface area contributed by atoms with E-state index in [4.69, 9.17) is 0 Å². The molecule has 0 saturated carbocycles. The third kappa shape index (κ3) is 2.68. The second-order valence-corrected chi connectivity index (χ2v) is 4.98. The van der Waals surface area contributed by atoms with Crippen LogP contribution in [0, 0.1) is 10.1 Å². The van der Waals surface area contributed by atoms with Gasteiger partial charge in [0.15, 0.2) is 0 Å². The van der Waals surface area contributed by atoms with E-state index in [1.54, 1.807) is 30.3 Å². The molecule has 2 aromatic rings. The van der Waals surface area contributed by atoms with Crippen molar-refractivity contribution in [2.75, 3.05) is 5.01 Å². The lowest BCUT2D eigenvalue weighted by molar-refractivity contribution is -0.385. The van der Waals surface area contributed by atoms with E-state index in [0.29, 0.717) is 5.69 Å². The lowest BCUT2D eigenvalue weighted by Gasteiger charge is -2.13. The quantitative estimate of drug-likeness (QED) is 0.386. The maximum Gasteiger partial charge on any atom is 0.282 e. The number of carbonyl (C=O) groups is 2. The summed E-state index contributed by atoms with van der Waals surface area (Å²) in [5.74, 6) is -1.52. The standard InChI is InChI=1S/C16H11N3O5/c20-12-6-7-14(19(23)24)10(8-12)9-13-15(21)17-18(16(13)22)11-4-2-1-3-5-11/h1-9,20H,(H,17,21)/b13-9-. The Morgan fingerprint density at radius 2 is 1.83 bits per heavy atom. The van der Waals surface area contributed by atoms with Gasteiger partial charge in [0.1, 0.15) is 11.3 Å². The molecule has 8 heteroatoms. The van der Waals surface area contributed by atoms with Crippen LogP contribution in [0.2, 0.25) is 0 Å². The number of benzene rings is 2. The van der Waals surface area contributed by atoms with Crippen molar-refractivity contribution in [1.29, 1.82) is 0 Å². The summed E-state index contributed by atoms with van der Waals surface area (Å²) < 4.78 is 0. The Labute approximate surface area is 135 Å². The minimum Gasteiger partial charge on any atom is -0.508 e. The number of carbonyl (C=O) groups excluding carboxylic acids is 2. The molecule has 0 aliphatic carbocycles. The van der Waals surface area contributed by atoms with E-state index in [2.05, 4.69) is 5.43 Å². The molecule has 24 heavy (non-hydrogen) atoms. The van der Waals surface area contributed by atoms with Gasteiger partial charge < -0.3 is 5.11 Å². The number of para-hydroxylation sites is 1. The van der Waals surface area contributed by atoms with Gasteiger partial charge in [-0.1, -0.05) is 18.2 Å². The molecule has 120 valence electrons. The summed E-state index contributed by atoms with van der Waals surface area (Å²) in [6.45, 7) is 0. The average molecular weight is 325 g/mol. The van der Waals surface area contributed by atoms with E-state index in [1.165, 1.54) is 0 Å². The molecule has 1 aliphatic rings. The Hall–Kier alpha value is -3.68. The summed E-state index contributed by atoms with van der Waals surface area (Å²) in [5, 5.41) is 21.6. The Kier molecular flexibility index (Phi) is 3.70. The molecule has 1 aliphatic heterocycles. The van der Waals surface area contributed by atoms with Gasteiger partial charge in [-0.05, 0) is 30.3 Å². The number of amides is 2. The normalized spacial score (nSPS) is 15.7. The molecule has 2 aromatic carbocycles. The van der Waals surface area contributed by atoms with Crippen LogP contribution < -0.4 is 10.4 Å². The number of phenolic OH excluding ortho intramolecular Hbond substituents is 1. The fourth-order valence-corrected chi connectivity index (χ4v) is 2.30. The molecule has 1 fully saturated rings. The Morgan fingerprint density at radius 3 is 2.50 bits per heavy atom. The number of hydrogen-bond donors (Lipinski definition) is 2. The molecule has 0 spiro atoms. The van der Waals surface area contributed by atoms with E-state index >= 15 is 0 Å². The van der Waals surface area contributed by atoms with Crippen molar-refractivity contribution in [2.45, 2.75) is 0 Å². The van der Waals surface area contributed by atoms with Gasteiger partial charge in [0.05, 0.1) is 16.2 Å². The predicted molar refractivity (Wildman–Crippen MR) is 84.8 cm³/mol. The molecule has 2 amide bonds. The first kappa shape index (κ1) is 15.2. The molecule has 0 bridgehead atoms. The molecule has 1 saturated heterocycles. The summed E-state index contributed by atoms with van der Waals surface area (Å²) in [6.07, 6.45) is 1.10. The van der Waals surface area contributed by atoms with E-state index in [-0.39, 0.29) is 22.6 Å². The second kappa shape index (κ2) is 5.84. The van der Waals surface area contributed by atoms with Crippen molar-refractivity contribution < 1.29 is 19.6 Å². The molecular formula is C16H11N3O5. The number of phenols is 1. The highest BCUT2D eigenvalue weighted by molar-refractivity contribution is 6.31. The number of nitro groups is 1. The van der Waals surface area contributed by atoms with Gasteiger partial charge in [-0.25, -0.2) is 5.01 Å². The molecule has 8 nitrogen and oxygen atoms in total. The van der Waals surface area contributed by atoms with Crippen molar-refractivity contribution in [3.05, 3.63) is 69.8 Å². The van der Waals surface area contributed by atoms with Gasteiger partial charge in [-0.2, -0.15) is 0 Å². The number of hydrazine groups is 1. The number of nitrogens with zero attached hydrogens (tertiary/aromatic N) is 2. The largest absolute Gasteiger partial charge is 0.508 e. The summed E-state index contributed by atoms with van der Waals surface area (Å²) >= 11 is 0. The molecule has 0 aromatic heterocycles. The molecular weight excluding hydrogens is 314 g/mol. The maximum atomic E-state index is 12.4. The minimum atomic E-state index is -0.679. The van der Waals surface area contributed by atoms with Crippen LogP contribution in [0.15, 0.2) is 54.1 Å². The van der Waals surface area contributed by atoms with Crippen molar-refractivity contribution in [2.24, 2.45) is 0 Å². The topological polar surface area (TPSA) is 113 Å². The summed E-state index contributed by atoms with van der Waals surface area (Å²) in [7, 11) is 0. The van der Waals surface area contributed by atoms with Crippen molar-refractivity contribution >= 4 is 29.3 Å². The van der Waals surface area contributed by atoms with E-state index in [0.717, 1.165) is 29.3 Å². The third-order valence-electron chi connectivity index (χ3n) is 3.41. The second-order valence-electron chi connectivity index (χ2n) is 4.98. The van der Waals surface area contributed by atoms with Crippen LogP contribution in [0.4, 0.5) is 11.4 Å². The van der Waals surface area contributed by atoms with Gasteiger partial charge in [-0.15, -0.1) is 0 Å². The lowest BCUT2D eigenvalue weighted by Crippen LogP contribution is -2.35. The van der Waals surface area contributed by atoms with Crippen LogP contribution in [0.5, 0.6) is 5.75 Å². The summed E-state index contributed by atoms with van der Waals surface area (Å²) in [6, 6.07) is 11.8. The molecule has 0 unspecified atom stereocenters. The molecule has 0 radical (unpaired) electrons. The fourth-order valence-electron chi connectivity index (χ4n) is 2.30. The maximum absolute atomic E-state index is 12.4. The number of nitro benzene ring substituents is 1. The van der Waals surface area contributed by atoms with Crippen LogP contribution in [0.1, 0.15) is 5.56 Å². The van der Waals surface area contributed by atoms with Crippen LogP contribution >= 0.6 is 0 Å². The number of anilines is 1. The zero-order chi connectivity index (χ0) is 17.3. The highest BCUT2D eigenvalue weighted by Gasteiger charge is 2.35. The number of nitrogens with one attached hydrogen (secondary N) is 1. The van der Waals surface area contributed by atoms with Crippen molar-refractivity contribution in [3.63, 3.8) is 0 Å². The fraction of sp³-hybridized carbons (Fsp3) is 0. The van der Waals surface area contributed by atoms with Crippen molar-refractivity contribution in [1.82, 2.24) is 5.43 Å². The molecule has 2 N–H and O–H groups in total. The van der Waals surface area contributed by atoms with Crippen LogP contribution in [-0.2, 0) is 9.59 Å². The SMILES string of the molecule is O=C1NN(c2ccccc2)C(=O)/C1=C\c1cc(O)ccc1[N+](=O)[O-]. The van der Waals surface area contributed by atoms with E-state index in [9.17, 15) is 24.8 Å². The van der Waals surface area contributed by atoms with Crippen molar-refractivity contribution in [3.8, 4) is 5.75 Å². The average Bonchev–Trinajstić information content (AvgIpc) is 2.84. The number of hydrogen-bond acceptors (Lipinski definition) is 5. The minimum absolute atomic E-state index is 0.0339. The molecule has 3 rings (SSSR count). The monoisotopic (exact) mass is 325 g/mol. The first-order chi connectivity index (χ1) is 11.5. The van der Waals surface area contributed by atoms with Gasteiger partial charge >= 0.3 is 0 Å². The van der Waals surface area contributed by atoms with Gasteiger partial charge in [0.25, 0.3) is 17.5 Å². The molecule has 0 atom stereocenters. The summed E-state index contributed by atoms with van der Waals surface area (Å²) in [4.78, 5) is 34.9. The summed E-state index contributed by atoms with van der Waals surface area (Å²) in [5.41, 5.74) is 2.25. The zero-order valence-electron chi connectivity index (χ0n) is 12.2. The highest BCUT2D eigenvalue weighted by Crippen LogP contribution is 2.27. The number of aromatic hydroxyl groups is 1. The van der Waals surface area contributed by atoms with Gasteiger partial charge in [-0.3, -0.25) is 25.1 Å². The first-order valence-electron chi connectivity index (χ1n) is 6.87. The third-order valence-corrected chi connectivity index (χ3v) is 3.41. The number of rotatable bonds is 3. The van der Waals surface area contributed by atoms with E-state index < -0.39 is 16.7 Å². The Morgan fingerprint density at radius 1 is 1.12 bits per heavy atom. The van der Waals surface area contributed by atoms with Gasteiger partial charge in [0.2, 0.25) is 0 Å². The Balaban J connectivity index is 2.03. The zero-order valence-corrected chi connectivity index (χ0v) is 12.2. The lowest BCUT2D eigenvalue weighted by atomic mass is 10.1. The predicted octanol–water partition coefficient (Wildman–Crippen LogP) is 1.76. The van der Waals surface area contributed by atoms with Crippen LogP contribution in [0.25, 0.3) is 6.08 Å². The first-order valence-corrected chi connectivity index (χ1v) is 6.87. The van der Waals surface area contributed by atoms with E-state index in [1.807, 2.05) is 0 Å². The van der Waals surface area contributed by atoms with Crippen LogP contribution in [0.3, 0.4) is 0 Å².